The Morgan fingerprint density at radius 2 is 1.35 bits per heavy atom. The molecule has 2 heterocycles. The van der Waals surface area contributed by atoms with Crippen LogP contribution in [0.2, 0.25) is 0 Å². The zero-order valence-electron chi connectivity index (χ0n) is 19.1. The Kier molecular flexibility index (Phi) is 7.39. The van der Waals surface area contributed by atoms with Crippen LogP contribution in [0.3, 0.4) is 0 Å². The van der Waals surface area contributed by atoms with Gasteiger partial charge in [-0.25, -0.2) is 16.8 Å². The van der Waals surface area contributed by atoms with Crippen LogP contribution in [0.25, 0.3) is 0 Å². The van der Waals surface area contributed by atoms with Crippen LogP contribution in [0, 0.1) is 6.92 Å². The van der Waals surface area contributed by atoms with E-state index in [9.17, 15) is 21.6 Å². The summed E-state index contributed by atoms with van der Waals surface area (Å²) in [6, 6.07) is 10.5. The molecule has 1 amide bonds. The third-order valence-corrected chi connectivity index (χ3v) is 9.93. The monoisotopic (exact) mass is 507 g/mol. The van der Waals surface area contributed by atoms with Crippen LogP contribution < -0.4 is 5.32 Å². The zero-order chi connectivity index (χ0) is 24.3. The van der Waals surface area contributed by atoms with Gasteiger partial charge in [0, 0.05) is 37.4 Å². The van der Waals surface area contributed by atoms with Gasteiger partial charge in [-0.3, -0.25) is 4.79 Å². The van der Waals surface area contributed by atoms with E-state index in [-0.39, 0.29) is 28.4 Å². The van der Waals surface area contributed by atoms with Crippen LogP contribution >= 0.6 is 0 Å². The Balaban J connectivity index is 1.51. The molecular formula is C23H29N3O6S2. The molecule has 0 bridgehead atoms. The number of rotatable bonds is 6. The van der Waals surface area contributed by atoms with E-state index in [1.165, 1.54) is 32.9 Å². The van der Waals surface area contributed by atoms with E-state index < -0.39 is 26.0 Å². The molecule has 4 rings (SSSR count). The number of benzene rings is 2. The predicted octanol–water partition coefficient (Wildman–Crippen LogP) is 2.44. The second-order valence-corrected chi connectivity index (χ2v) is 12.3. The highest BCUT2D eigenvalue weighted by molar-refractivity contribution is 7.89. The normalized spacial score (nSPS) is 18.5. The summed E-state index contributed by atoms with van der Waals surface area (Å²) in [6.45, 7) is 3.97. The Hall–Kier alpha value is -2.31. The van der Waals surface area contributed by atoms with Gasteiger partial charge in [-0.2, -0.15) is 8.61 Å². The Morgan fingerprint density at radius 1 is 0.794 bits per heavy atom. The lowest BCUT2D eigenvalue weighted by Crippen LogP contribution is -2.40. The van der Waals surface area contributed by atoms with E-state index >= 15 is 0 Å². The van der Waals surface area contributed by atoms with Crippen molar-refractivity contribution in [3.8, 4) is 0 Å². The zero-order valence-corrected chi connectivity index (χ0v) is 20.7. The maximum absolute atomic E-state index is 13.0. The molecule has 2 saturated heterocycles. The fraction of sp³-hybridized carbons (Fsp3) is 0.435. The van der Waals surface area contributed by atoms with Crippen molar-refractivity contribution in [2.75, 3.05) is 44.7 Å². The van der Waals surface area contributed by atoms with Crippen LogP contribution in [-0.4, -0.2) is 70.7 Å². The molecule has 11 heteroatoms. The van der Waals surface area contributed by atoms with Crippen molar-refractivity contribution in [3.05, 3.63) is 53.6 Å². The number of sulfonamides is 2. The molecule has 0 saturated carbocycles. The number of carbonyl (C=O) groups is 1. The van der Waals surface area contributed by atoms with Crippen molar-refractivity contribution in [1.82, 2.24) is 8.61 Å². The topological polar surface area (TPSA) is 113 Å². The number of ether oxygens (including phenoxy) is 1. The fourth-order valence-electron chi connectivity index (χ4n) is 4.11. The summed E-state index contributed by atoms with van der Waals surface area (Å²) in [5.74, 6) is -0.469. The number of morpholine rings is 1. The first-order valence-electron chi connectivity index (χ1n) is 11.3. The molecule has 0 atom stereocenters. The van der Waals surface area contributed by atoms with Gasteiger partial charge in [0.2, 0.25) is 20.0 Å². The van der Waals surface area contributed by atoms with Crippen molar-refractivity contribution in [2.45, 2.75) is 36.0 Å². The van der Waals surface area contributed by atoms with Crippen LogP contribution in [0.15, 0.2) is 52.3 Å². The number of hydrogen-bond donors (Lipinski definition) is 1. The van der Waals surface area contributed by atoms with E-state index in [4.69, 9.17) is 4.74 Å². The number of piperidine rings is 1. The fourth-order valence-corrected chi connectivity index (χ4v) is 7.06. The van der Waals surface area contributed by atoms with Crippen LogP contribution in [0.5, 0.6) is 0 Å². The van der Waals surface area contributed by atoms with Crippen molar-refractivity contribution in [1.29, 1.82) is 0 Å². The summed E-state index contributed by atoms with van der Waals surface area (Å²) in [5, 5.41) is 2.74. The van der Waals surface area contributed by atoms with Gasteiger partial charge in [-0.05, 0) is 61.7 Å². The quantitative estimate of drug-likeness (QED) is 0.643. The minimum atomic E-state index is -3.74. The summed E-state index contributed by atoms with van der Waals surface area (Å²) < 4.78 is 59.7. The lowest BCUT2D eigenvalue weighted by atomic mass is 10.1. The molecule has 0 unspecified atom stereocenters. The van der Waals surface area contributed by atoms with Gasteiger partial charge in [-0.15, -0.1) is 0 Å². The predicted molar refractivity (Wildman–Crippen MR) is 128 cm³/mol. The summed E-state index contributed by atoms with van der Waals surface area (Å²) in [7, 11) is -7.30. The van der Waals surface area contributed by atoms with E-state index in [2.05, 4.69) is 5.32 Å². The molecule has 2 aromatic carbocycles. The van der Waals surface area contributed by atoms with Gasteiger partial charge in [0.15, 0.2) is 0 Å². The van der Waals surface area contributed by atoms with E-state index in [0.29, 0.717) is 37.6 Å². The summed E-state index contributed by atoms with van der Waals surface area (Å²) in [6.07, 6.45) is 2.74. The minimum absolute atomic E-state index is 0.0492. The molecule has 2 aliphatic rings. The molecule has 0 spiro atoms. The second-order valence-electron chi connectivity index (χ2n) is 8.44. The van der Waals surface area contributed by atoms with Crippen LogP contribution in [0.1, 0.15) is 35.2 Å². The number of nitrogens with one attached hydrogen (secondary N) is 1. The number of carbonyl (C=O) groups excluding carboxylic acids is 1. The molecule has 0 aliphatic carbocycles. The third kappa shape index (κ3) is 5.18. The molecule has 184 valence electrons. The van der Waals surface area contributed by atoms with Crippen molar-refractivity contribution < 1.29 is 26.4 Å². The summed E-state index contributed by atoms with van der Waals surface area (Å²) >= 11 is 0. The molecule has 34 heavy (non-hydrogen) atoms. The number of aryl methyl sites for hydroxylation is 1. The minimum Gasteiger partial charge on any atom is -0.379 e. The molecule has 0 aromatic heterocycles. The lowest BCUT2D eigenvalue weighted by Gasteiger charge is -2.26. The first kappa shape index (κ1) is 24.8. The van der Waals surface area contributed by atoms with Crippen LogP contribution in [0.4, 0.5) is 5.69 Å². The van der Waals surface area contributed by atoms with E-state index in [1.807, 2.05) is 0 Å². The number of anilines is 1. The Morgan fingerprint density at radius 3 is 2.00 bits per heavy atom. The largest absolute Gasteiger partial charge is 0.379 e. The molecular weight excluding hydrogens is 478 g/mol. The van der Waals surface area contributed by atoms with Crippen molar-refractivity contribution in [2.24, 2.45) is 0 Å². The Labute approximate surface area is 200 Å². The highest BCUT2D eigenvalue weighted by Crippen LogP contribution is 2.24. The number of amides is 1. The smallest absolute Gasteiger partial charge is 0.255 e. The average molecular weight is 508 g/mol. The maximum Gasteiger partial charge on any atom is 0.255 e. The lowest BCUT2D eigenvalue weighted by molar-refractivity contribution is 0.0730. The summed E-state index contributed by atoms with van der Waals surface area (Å²) in [4.78, 5) is 13.2. The first-order valence-corrected chi connectivity index (χ1v) is 14.2. The first-order chi connectivity index (χ1) is 16.2. The molecule has 2 aromatic rings. The molecule has 2 fully saturated rings. The number of nitrogens with zero attached hydrogens (tertiary/aromatic N) is 2. The van der Waals surface area contributed by atoms with Gasteiger partial charge in [0.05, 0.1) is 23.0 Å². The van der Waals surface area contributed by atoms with Gasteiger partial charge in [0.25, 0.3) is 5.91 Å². The van der Waals surface area contributed by atoms with E-state index in [0.717, 1.165) is 19.3 Å². The van der Waals surface area contributed by atoms with Gasteiger partial charge < -0.3 is 10.1 Å². The van der Waals surface area contributed by atoms with Gasteiger partial charge in [0.1, 0.15) is 0 Å². The van der Waals surface area contributed by atoms with E-state index in [1.54, 1.807) is 25.1 Å². The summed E-state index contributed by atoms with van der Waals surface area (Å²) in [5.41, 5.74) is 1.28. The molecule has 0 radical (unpaired) electrons. The van der Waals surface area contributed by atoms with Crippen molar-refractivity contribution >= 4 is 31.6 Å². The average Bonchev–Trinajstić information content (AvgIpc) is 2.85. The standard InChI is InChI=1S/C23H29N3O6S2/c1-18-5-8-21(34(30,31)26-13-15-32-16-14-26)17-22(18)23(27)24-19-6-9-20(10-7-19)33(28,29)25-11-3-2-4-12-25/h5-10,17H,2-4,11-16H2,1H3,(H,24,27). The maximum atomic E-state index is 13.0. The number of hydrogen-bond acceptors (Lipinski definition) is 6. The molecule has 9 nitrogen and oxygen atoms in total. The highest BCUT2D eigenvalue weighted by Gasteiger charge is 2.28. The van der Waals surface area contributed by atoms with Crippen LogP contribution in [-0.2, 0) is 24.8 Å². The second kappa shape index (κ2) is 10.1. The SMILES string of the molecule is Cc1ccc(S(=O)(=O)N2CCOCC2)cc1C(=O)Nc1ccc(S(=O)(=O)N2CCCCC2)cc1. The highest BCUT2D eigenvalue weighted by atomic mass is 32.2. The Bertz CT molecular complexity index is 1250. The van der Waals surface area contributed by atoms with Gasteiger partial charge in [-0.1, -0.05) is 12.5 Å². The molecule has 1 N–H and O–H groups in total. The van der Waals surface area contributed by atoms with Crippen molar-refractivity contribution in [3.63, 3.8) is 0 Å². The molecule has 2 aliphatic heterocycles. The third-order valence-electron chi connectivity index (χ3n) is 6.13. The van der Waals surface area contributed by atoms with Gasteiger partial charge >= 0.3 is 0 Å².